The Morgan fingerprint density at radius 2 is 1.85 bits per heavy atom. The first-order chi connectivity index (χ1) is 9.30. The van der Waals surface area contributed by atoms with Gasteiger partial charge in [0.1, 0.15) is 0 Å². The first kappa shape index (κ1) is 18.9. The van der Waals surface area contributed by atoms with E-state index in [0.717, 1.165) is 25.7 Å². The standard InChI is InChI=1S/C12H22O7S/c1-3-5-6-10(4-2)9-18-20(16,17)19-12(15)8-7-11(13)14/h10H,3-9H2,1-2H3,(H,13,14). The summed E-state index contributed by atoms with van der Waals surface area (Å²) in [4.78, 5) is 21.3. The van der Waals surface area contributed by atoms with E-state index in [0.29, 0.717) is 0 Å². The topological polar surface area (TPSA) is 107 Å². The van der Waals surface area contributed by atoms with E-state index in [2.05, 4.69) is 8.37 Å². The van der Waals surface area contributed by atoms with Crippen molar-refractivity contribution in [3.8, 4) is 0 Å². The van der Waals surface area contributed by atoms with Crippen LogP contribution in [0.1, 0.15) is 52.4 Å². The van der Waals surface area contributed by atoms with E-state index in [1.165, 1.54) is 0 Å². The fourth-order valence-corrected chi connectivity index (χ4v) is 2.18. The Bertz CT molecular complexity index is 402. The molecule has 0 aliphatic heterocycles. The molecule has 1 atom stereocenters. The maximum Gasteiger partial charge on any atom is 0.451 e. The minimum Gasteiger partial charge on any atom is -0.481 e. The van der Waals surface area contributed by atoms with Gasteiger partial charge in [-0.05, 0) is 12.3 Å². The van der Waals surface area contributed by atoms with Crippen LogP contribution in [0.5, 0.6) is 0 Å². The molecule has 0 heterocycles. The van der Waals surface area contributed by atoms with E-state index in [1.54, 1.807) is 0 Å². The van der Waals surface area contributed by atoms with E-state index in [1.807, 2.05) is 13.8 Å². The van der Waals surface area contributed by atoms with Crippen molar-refractivity contribution >= 4 is 22.3 Å². The van der Waals surface area contributed by atoms with Crippen molar-refractivity contribution in [3.05, 3.63) is 0 Å². The van der Waals surface area contributed by atoms with Gasteiger partial charge in [-0.2, -0.15) is 8.42 Å². The second kappa shape index (κ2) is 9.71. The van der Waals surface area contributed by atoms with Crippen LogP contribution in [0.4, 0.5) is 0 Å². The fraction of sp³-hybridized carbons (Fsp3) is 0.833. The van der Waals surface area contributed by atoms with Gasteiger partial charge in [0.15, 0.2) is 0 Å². The van der Waals surface area contributed by atoms with Crippen LogP contribution in [0.25, 0.3) is 0 Å². The molecule has 0 radical (unpaired) electrons. The Balaban J connectivity index is 4.17. The van der Waals surface area contributed by atoms with E-state index >= 15 is 0 Å². The maximum absolute atomic E-state index is 11.4. The van der Waals surface area contributed by atoms with Gasteiger partial charge in [-0.1, -0.05) is 33.1 Å². The fourth-order valence-electron chi connectivity index (χ4n) is 1.47. The molecule has 8 heteroatoms. The summed E-state index contributed by atoms with van der Waals surface area (Å²) in [6.45, 7) is 3.93. The largest absolute Gasteiger partial charge is 0.481 e. The summed E-state index contributed by atoms with van der Waals surface area (Å²) in [6.07, 6.45) is 2.60. The van der Waals surface area contributed by atoms with Gasteiger partial charge in [0.25, 0.3) is 0 Å². The Hall–Kier alpha value is -1.15. The minimum atomic E-state index is -4.40. The molecule has 0 spiro atoms. The minimum absolute atomic E-state index is 0.0367. The van der Waals surface area contributed by atoms with Crippen molar-refractivity contribution < 1.29 is 31.5 Å². The first-order valence-electron chi connectivity index (χ1n) is 6.64. The van der Waals surface area contributed by atoms with E-state index in [-0.39, 0.29) is 12.5 Å². The van der Waals surface area contributed by atoms with Gasteiger partial charge >= 0.3 is 22.3 Å². The maximum atomic E-state index is 11.4. The molecule has 0 aromatic carbocycles. The normalized spacial score (nSPS) is 12.9. The lowest BCUT2D eigenvalue weighted by atomic mass is 10.0. The molecule has 0 rings (SSSR count). The van der Waals surface area contributed by atoms with Crippen LogP contribution in [0.2, 0.25) is 0 Å². The third kappa shape index (κ3) is 9.74. The summed E-state index contributed by atoms with van der Waals surface area (Å²) in [6, 6.07) is 0. The molecule has 118 valence electrons. The summed E-state index contributed by atoms with van der Waals surface area (Å²) < 4.78 is 31.5. The third-order valence-corrected chi connectivity index (χ3v) is 3.54. The SMILES string of the molecule is CCCCC(CC)COS(=O)(=O)OC(=O)CCC(=O)O. The van der Waals surface area contributed by atoms with Crippen LogP contribution in [0.15, 0.2) is 0 Å². The number of unbranched alkanes of at least 4 members (excludes halogenated alkanes) is 1. The molecular weight excluding hydrogens is 288 g/mol. The molecule has 0 saturated carbocycles. The van der Waals surface area contributed by atoms with Crippen LogP contribution < -0.4 is 0 Å². The van der Waals surface area contributed by atoms with Gasteiger partial charge in [0, 0.05) is 0 Å². The molecule has 0 aromatic rings. The van der Waals surface area contributed by atoms with Gasteiger partial charge < -0.3 is 9.29 Å². The molecule has 0 bridgehead atoms. The molecule has 1 unspecified atom stereocenters. The van der Waals surface area contributed by atoms with Crippen LogP contribution >= 0.6 is 0 Å². The Kier molecular flexibility index (Phi) is 9.15. The van der Waals surface area contributed by atoms with Gasteiger partial charge in [-0.15, -0.1) is 0 Å². The second-order valence-electron chi connectivity index (χ2n) is 4.46. The number of hydrogen-bond donors (Lipinski definition) is 1. The quantitative estimate of drug-likeness (QED) is 0.620. The molecule has 20 heavy (non-hydrogen) atoms. The van der Waals surface area contributed by atoms with E-state index in [9.17, 15) is 18.0 Å². The predicted octanol–water partition coefficient (Wildman–Crippen LogP) is 1.87. The smallest absolute Gasteiger partial charge is 0.451 e. The first-order valence-corrected chi connectivity index (χ1v) is 7.97. The number of carboxylic acid groups (broad SMARTS) is 1. The second-order valence-corrected chi connectivity index (χ2v) is 5.68. The molecule has 7 nitrogen and oxygen atoms in total. The summed E-state index contributed by atoms with van der Waals surface area (Å²) in [7, 11) is -4.40. The van der Waals surface area contributed by atoms with Gasteiger partial charge in [0.05, 0.1) is 19.4 Å². The monoisotopic (exact) mass is 310 g/mol. The Morgan fingerprint density at radius 1 is 1.20 bits per heavy atom. The zero-order chi connectivity index (χ0) is 15.6. The van der Waals surface area contributed by atoms with Crippen molar-refractivity contribution in [1.29, 1.82) is 0 Å². The number of carboxylic acids is 1. The zero-order valence-electron chi connectivity index (χ0n) is 11.8. The summed E-state index contributed by atoms with van der Waals surface area (Å²) in [5.41, 5.74) is 0. The molecular formula is C12H22O7S. The van der Waals surface area contributed by atoms with Crippen LogP contribution in [-0.2, 0) is 28.4 Å². The van der Waals surface area contributed by atoms with E-state index in [4.69, 9.17) is 5.11 Å². The van der Waals surface area contributed by atoms with Crippen molar-refractivity contribution in [3.63, 3.8) is 0 Å². The van der Waals surface area contributed by atoms with Crippen molar-refractivity contribution in [2.75, 3.05) is 6.61 Å². The molecule has 0 aliphatic rings. The Morgan fingerprint density at radius 3 is 2.35 bits per heavy atom. The lowest BCUT2D eigenvalue weighted by Gasteiger charge is -2.13. The van der Waals surface area contributed by atoms with Gasteiger partial charge in [0.2, 0.25) is 0 Å². The summed E-state index contributed by atoms with van der Waals surface area (Å²) in [5.74, 6) is -2.25. The third-order valence-electron chi connectivity index (χ3n) is 2.73. The number of carbonyl (C=O) groups excluding carboxylic acids is 1. The molecule has 1 N–H and O–H groups in total. The molecule has 0 amide bonds. The molecule has 0 aromatic heterocycles. The highest BCUT2D eigenvalue weighted by molar-refractivity contribution is 7.82. The van der Waals surface area contributed by atoms with E-state index < -0.39 is 35.2 Å². The number of carbonyl (C=O) groups is 2. The number of hydrogen-bond acceptors (Lipinski definition) is 6. The average Bonchev–Trinajstić information content (AvgIpc) is 2.36. The molecule has 0 saturated heterocycles. The van der Waals surface area contributed by atoms with Gasteiger partial charge in [-0.3, -0.25) is 9.59 Å². The Labute approximate surface area is 119 Å². The molecule has 0 fully saturated rings. The van der Waals surface area contributed by atoms with Crippen LogP contribution in [0.3, 0.4) is 0 Å². The number of aliphatic carboxylic acids is 1. The lowest BCUT2D eigenvalue weighted by molar-refractivity contribution is -0.142. The van der Waals surface area contributed by atoms with Crippen LogP contribution in [0, 0.1) is 5.92 Å². The van der Waals surface area contributed by atoms with Crippen molar-refractivity contribution in [1.82, 2.24) is 0 Å². The zero-order valence-corrected chi connectivity index (χ0v) is 12.6. The van der Waals surface area contributed by atoms with Crippen molar-refractivity contribution in [2.24, 2.45) is 5.92 Å². The lowest BCUT2D eigenvalue weighted by Crippen LogP contribution is -2.20. The number of rotatable bonds is 11. The summed E-state index contributed by atoms with van der Waals surface area (Å²) >= 11 is 0. The highest BCUT2D eigenvalue weighted by atomic mass is 32.3. The van der Waals surface area contributed by atoms with Crippen LogP contribution in [-0.4, -0.2) is 32.1 Å². The average molecular weight is 310 g/mol. The predicted molar refractivity (Wildman–Crippen MR) is 71.1 cm³/mol. The summed E-state index contributed by atoms with van der Waals surface area (Å²) in [5, 5.41) is 8.36. The highest BCUT2D eigenvalue weighted by Crippen LogP contribution is 2.14. The molecule has 0 aliphatic carbocycles. The van der Waals surface area contributed by atoms with Crippen molar-refractivity contribution in [2.45, 2.75) is 52.4 Å². The van der Waals surface area contributed by atoms with Gasteiger partial charge in [-0.25, -0.2) is 4.18 Å². The highest BCUT2D eigenvalue weighted by Gasteiger charge is 2.20.